The molecule has 0 aliphatic carbocycles. The van der Waals surface area contributed by atoms with Crippen LogP contribution in [-0.4, -0.2) is 40.0 Å². The summed E-state index contributed by atoms with van der Waals surface area (Å²) in [6.45, 7) is 1.73. The molecule has 0 spiro atoms. The van der Waals surface area contributed by atoms with Crippen LogP contribution in [0.25, 0.3) is 10.9 Å². The van der Waals surface area contributed by atoms with Crippen molar-refractivity contribution in [2.24, 2.45) is 0 Å². The lowest BCUT2D eigenvalue weighted by Crippen LogP contribution is -2.48. The van der Waals surface area contributed by atoms with Gasteiger partial charge in [-0.2, -0.15) is 0 Å². The van der Waals surface area contributed by atoms with Crippen molar-refractivity contribution in [3.63, 3.8) is 0 Å². The van der Waals surface area contributed by atoms with Crippen LogP contribution in [0.1, 0.15) is 18.4 Å². The minimum Gasteiger partial charge on any atom is -0.361 e. The Morgan fingerprint density at radius 3 is 3.12 bits per heavy atom. The quantitative estimate of drug-likeness (QED) is 0.767. The van der Waals surface area contributed by atoms with Crippen molar-refractivity contribution >= 4 is 22.6 Å². The van der Waals surface area contributed by atoms with Crippen LogP contribution in [0.3, 0.4) is 0 Å². The molecule has 1 saturated heterocycles. The topological polar surface area (TPSA) is 73.9 Å². The van der Waals surface area contributed by atoms with E-state index in [0.717, 1.165) is 48.2 Å². The molecule has 4 rings (SSSR count). The Hall–Kier alpha value is -2.89. The van der Waals surface area contributed by atoms with Gasteiger partial charge >= 0.3 is 0 Å². The number of piperidine rings is 1. The molecular formula is C19H21N5O. The molecule has 1 aromatic carbocycles. The number of anilines is 1. The van der Waals surface area contributed by atoms with E-state index in [2.05, 4.69) is 25.2 Å². The zero-order valence-electron chi connectivity index (χ0n) is 14.0. The number of fused-ring (bicyclic) bond motifs is 1. The van der Waals surface area contributed by atoms with Crippen molar-refractivity contribution in [3.8, 4) is 0 Å². The predicted octanol–water partition coefficient (Wildman–Crippen LogP) is 2.29. The van der Waals surface area contributed by atoms with Crippen molar-refractivity contribution < 1.29 is 4.79 Å². The summed E-state index contributed by atoms with van der Waals surface area (Å²) >= 11 is 0. The maximum atomic E-state index is 12.5. The molecule has 1 aliphatic heterocycles. The highest BCUT2D eigenvalue weighted by atomic mass is 16.1. The lowest BCUT2D eigenvalue weighted by atomic mass is 10.0. The summed E-state index contributed by atoms with van der Waals surface area (Å²) in [7, 11) is 0. The maximum Gasteiger partial charge on any atom is 0.224 e. The number of carbonyl (C=O) groups is 1. The molecule has 0 unspecified atom stereocenters. The van der Waals surface area contributed by atoms with E-state index in [1.807, 2.05) is 30.5 Å². The molecule has 3 aromatic rings. The summed E-state index contributed by atoms with van der Waals surface area (Å²) < 4.78 is 0. The second-order valence-corrected chi connectivity index (χ2v) is 6.45. The number of aromatic nitrogens is 3. The smallest absolute Gasteiger partial charge is 0.224 e. The lowest BCUT2D eigenvalue weighted by Gasteiger charge is -2.33. The number of carbonyl (C=O) groups excluding carboxylic acids is 1. The second kappa shape index (κ2) is 6.93. The molecule has 0 bridgehead atoms. The number of hydrogen-bond acceptors (Lipinski definition) is 4. The highest BCUT2D eigenvalue weighted by molar-refractivity contribution is 5.88. The van der Waals surface area contributed by atoms with Crippen LogP contribution in [-0.2, 0) is 11.2 Å². The zero-order valence-corrected chi connectivity index (χ0v) is 14.0. The third-order valence-corrected chi connectivity index (χ3v) is 4.69. The SMILES string of the molecule is O=C(Cc1c[nH]c2ccccc12)N[C@H]1CCCN(c2cnccn2)C1. The number of amides is 1. The Morgan fingerprint density at radius 1 is 1.32 bits per heavy atom. The average molecular weight is 335 g/mol. The molecule has 3 heterocycles. The van der Waals surface area contributed by atoms with Gasteiger partial charge in [0, 0.05) is 48.6 Å². The van der Waals surface area contributed by atoms with Gasteiger partial charge in [-0.15, -0.1) is 0 Å². The van der Waals surface area contributed by atoms with Crippen LogP contribution in [0, 0.1) is 0 Å². The third-order valence-electron chi connectivity index (χ3n) is 4.69. The molecule has 6 heteroatoms. The van der Waals surface area contributed by atoms with Crippen LogP contribution in [0.15, 0.2) is 49.1 Å². The molecule has 2 aromatic heterocycles. The number of nitrogens with one attached hydrogen (secondary N) is 2. The number of H-pyrrole nitrogens is 1. The standard InChI is InChI=1S/C19H21N5O/c25-19(10-14-11-22-17-6-2-1-5-16(14)17)23-15-4-3-9-24(13-15)18-12-20-7-8-21-18/h1-2,5-8,11-12,15,22H,3-4,9-10,13H2,(H,23,25)/t15-/m0/s1. The molecule has 128 valence electrons. The number of hydrogen-bond donors (Lipinski definition) is 2. The second-order valence-electron chi connectivity index (χ2n) is 6.45. The van der Waals surface area contributed by atoms with Gasteiger partial charge in [-0.1, -0.05) is 18.2 Å². The van der Waals surface area contributed by atoms with Crippen molar-refractivity contribution in [3.05, 3.63) is 54.6 Å². The Balaban J connectivity index is 1.39. The number of benzene rings is 1. The van der Waals surface area contributed by atoms with Crippen molar-refractivity contribution in [1.29, 1.82) is 0 Å². The van der Waals surface area contributed by atoms with Crippen LogP contribution in [0.5, 0.6) is 0 Å². The predicted molar refractivity (Wildman–Crippen MR) is 97.4 cm³/mol. The van der Waals surface area contributed by atoms with Crippen molar-refractivity contribution in [2.45, 2.75) is 25.3 Å². The summed E-state index contributed by atoms with van der Waals surface area (Å²) in [4.78, 5) is 26.4. The molecule has 0 radical (unpaired) electrons. The minimum absolute atomic E-state index is 0.0655. The third kappa shape index (κ3) is 3.47. The Kier molecular flexibility index (Phi) is 4.33. The van der Waals surface area contributed by atoms with Crippen molar-refractivity contribution in [2.75, 3.05) is 18.0 Å². The summed E-state index contributed by atoms with van der Waals surface area (Å²) in [5.41, 5.74) is 2.10. The van der Waals surface area contributed by atoms with E-state index in [-0.39, 0.29) is 11.9 Å². The van der Waals surface area contributed by atoms with Crippen LogP contribution in [0.2, 0.25) is 0 Å². The molecule has 25 heavy (non-hydrogen) atoms. The van der Waals surface area contributed by atoms with E-state index >= 15 is 0 Å². The van der Waals surface area contributed by atoms with E-state index in [4.69, 9.17) is 0 Å². The van der Waals surface area contributed by atoms with Gasteiger partial charge in [0.2, 0.25) is 5.91 Å². The maximum absolute atomic E-state index is 12.5. The monoisotopic (exact) mass is 335 g/mol. The van der Waals surface area contributed by atoms with Gasteiger partial charge in [-0.05, 0) is 24.5 Å². The number of nitrogens with zero attached hydrogens (tertiary/aromatic N) is 3. The fourth-order valence-electron chi connectivity index (χ4n) is 3.49. The zero-order chi connectivity index (χ0) is 17.1. The average Bonchev–Trinajstić information content (AvgIpc) is 3.06. The molecule has 6 nitrogen and oxygen atoms in total. The van der Waals surface area contributed by atoms with E-state index in [0.29, 0.717) is 6.42 Å². The fourth-order valence-corrected chi connectivity index (χ4v) is 3.49. The molecule has 0 saturated carbocycles. The fraction of sp³-hybridized carbons (Fsp3) is 0.316. The molecule has 1 atom stereocenters. The molecule has 1 amide bonds. The Labute approximate surface area is 146 Å². The van der Waals surface area contributed by atoms with E-state index in [9.17, 15) is 4.79 Å². The van der Waals surface area contributed by atoms with Gasteiger partial charge in [0.1, 0.15) is 5.82 Å². The highest BCUT2D eigenvalue weighted by Crippen LogP contribution is 2.19. The minimum atomic E-state index is 0.0655. The molecular weight excluding hydrogens is 314 g/mol. The number of para-hydroxylation sites is 1. The van der Waals surface area contributed by atoms with Gasteiger partial charge < -0.3 is 15.2 Å². The van der Waals surface area contributed by atoms with E-state index < -0.39 is 0 Å². The van der Waals surface area contributed by atoms with Crippen LogP contribution < -0.4 is 10.2 Å². The van der Waals surface area contributed by atoms with Crippen LogP contribution >= 0.6 is 0 Å². The number of rotatable bonds is 4. The van der Waals surface area contributed by atoms with Gasteiger partial charge in [-0.3, -0.25) is 9.78 Å². The van der Waals surface area contributed by atoms with Gasteiger partial charge in [-0.25, -0.2) is 4.98 Å². The van der Waals surface area contributed by atoms with E-state index in [1.165, 1.54) is 0 Å². The summed E-state index contributed by atoms with van der Waals surface area (Å²) in [5.74, 6) is 0.939. The first-order valence-corrected chi connectivity index (χ1v) is 8.65. The van der Waals surface area contributed by atoms with Gasteiger partial charge in [0.05, 0.1) is 12.6 Å². The lowest BCUT2D eigenvalue weighted by molar-refractivity contribution is -0.121. The first-order valence-electron chi connectivity index (χ1n) is 8.65. The van der Waals surface area contributed by atoms with Gasteiger partial charge in [0.15, 0.2) is 0 Å². The van der Waals surface area contributed by atoms with Crippen LogP contribution in [0.4, 0.5) is 5.82 Å². The molecule has 1 aliphatic rings. The molecule has 1 fully saturated rings. The number of aromatic amines is 1. The van der Waals surface area contributed by atoms with Crippen molar-refractivity contribution in [1.82, 2.24) is 20.3 Å². The largest absolute Gasteiger partial charge is 0.361 e. The summed E-state index contributed by atoms with van der Waals surface area (Å²) in [5, 5.41) is 4.29. The normalized spacial score (nSPS) is 17.6. The van der Waals surface area contributed by atoms with E-state index in [1.54, 1.807) is 18.6 Å². The van der Waals surface area contributed by atoms with Gasteiger partial charge in [0.25, 0.3) is 0 Å². The molecule has 2 N–H and O–H groups in total. The first-order chi connectivity index (χ1) is 12.3. The highest BCUT2D eigenvalue weighted by Gasteiger charge is 2.22. The summed E-state index contributed by atoms with van der Waals surface area (Å²) in [6.07, 6.45) is 9.51. The first kappa shape index (κ1) is 15.6. The summed E-state index contributed by atoms with van der Waals surface area (Å²) in [6, 6.07) is 8.21. The Morgan fingerprint density at radius 2 is 2.24 bits per heavy atom. The Bertz CT molecular complexity index is 860.